The number of unbranched alkanes of at least 4 members (excludes halogenated alkanes) is 1. The minimum Gasteiger partial charge on any atom is -0.481 e. The van der Waals surface area contributed by atoms with Gasteiger partial charge in [0.25, 0.3) is 0 Å². The first-order chi connectivity index (χ1) is 29.3. The van der Waals surface area contributed by atoms with Crippen molar-refractivity contribution in [3.8, 4) is 0 Å². The molecule has 356 valence electrons. The molecule has 6 N–H and O–H groups in total. The van der Waals surface area contributed by atoms with Crippen LogP contribution in [0.2, 0.25) is 0 Å². The summed E-state index contributed by atoms with van der Waals surface area (Å²) in [5, 5.41) is 65.3. The molecule has 63 heavy (non-hydrogen) atoms. The van der Waals surface area contributed by atoms with Crippen molar-refractivity contribution in [1.29, 1.82) is 0 Å². The molecule has 7 aliphatic rings. The molecule has 0 radical (unpaired) electrons. The van der Waals surface area contributed by atoms with Crippen molar-refractivity contribution in [3.05, 3.63) is 11.6 Å². The summed E-state index contributed by atoms with van der Waals surface area (Å²) in [6.45, 7) is 17.1. The van der Waals surface area contributed by atoms with Crippen molar-refractivity contribution in [2.45, 2.75) is 194 Å². The fourth-order valence-electron chi connectivity index (χ4n) is 13.9. The number of aliphatic hydroxyl groups is 5. The maximum Gasteiger partial charge on any atom is 0.338 e. The molecule has 16 heteroatoms. The molecule has 0 aromatic heterocycles. The van der Waals surface area contributed by atoms with Crippen LogP contribution in [0.4, 0.5) is 0 Å². The molecule has 4 saturated carbocycles. The van der Waals surface area contributed by atoms with Gasteiger partial charge in [-0.25, -0.2) is 9.59 Å². The highest BCUT2D eigenvalue weighted by molar-refractivity contribution is 5.95. The predicted molar refractivity (Wildman–Crippen MR) is 222 cm³/mol. The highest BCUT2D eigenvalue weighted by atomic mass is 16.8. The zero-order valence-corrected chi connectivity index (χ0v) is 38.4. The highest BCUT2D eigenvalue weighted by Gasteiger charge is 2.71. The fourth-order valence-corrected chi connectivity index (χ4v) is 13.9. The lowest BCUT2D eigenvalue weighted by atomic mass is 9.33. The van der Waals surface area contributed by atoms with E-state index in [0.717, 1.165) is 51.2 Å². The molecule has 0 bridgehead atoms. The van der Waals surface area contributed by atoms with E-state index in [0.29, 0.717) is 32.1 Å². The van der Waals surface area contributed by atoms with Gasteiger partial charge in [-0.2, -0.15) is 0 Å². The van der Waals surface area contributed by atoms with Crippen molar-refractivity contribution < 1.29 is 78.2 Å². The van der Waals surface area contributed by atoms with E-state index in [4.69, 9.17) is 28.4 Å². The number of ketones is 1. The SMILES string of the molecule is CCCCOC(=O)[C@H]1O[C@@H](OC2CC[C@@]3(C)C(CC[C@]4(C)C3C(=O)C=C3C5C[C@@](C)(C(=O)O)CC[C@]5(C)CCC34C)C2(C)C)[C@H](O[C@@H]2O[C@H](C(=O)OC)[C@@H](O)[C@H](O)[C@H]2O)[C@@H](O)[C@@H]1O. The Labute approximate surface area is 370 Å². The Morgan fingerprint density at radius 1 is 0.762 bits per heavy atom. The molecule has 0 amide bonds. The Hall–Kier alpha value is -2.54. The molecule has 2 saturated heterocycles. The smallest absolute Gasteiger partial charge is 0.338 e. The molecular weight excluding hydrogens is 821 g/mol. The van der Waals surface area contributed by atoms with Crippen LogP contribution in [0.3, 0.4) is 0 Å². The topological polar surface area (TPSA) is 245 Å². The third-order valence-corrected chi connectivity index (χ3v) is 18.1. The van der Waals surface area contributed by atoms with Gasteiger partial charge in [0, 0.05) is 5.92 Å². The first kappa shape index (κ1) is 48.4. The number of hydrogen-bond acceptors (Lipinski definition) is 15. The van der Waals surface area contributed by atoms with E-state index >= 15 is 0 Å². The van der Waals surface area contributed by atoms with Gasteiger partial charge < -0.3 is 59.1 Å². The molecular formula is C47H72O16. The van der Waals surface area contributed by atoms with Gasteiger partial charge in [-0.3, -0.25) is 9.59 Å². The third-order valence-electron chi connectivity index (χ3n) is 18.1. The van der Waals surface area contributed by atoms with Crippen LogP contribution in [0, 0.1) is 50.2 Å². The maximum absolute atomic E-state index is 15.0. The summed E-state index contributed by atoms with van der Waals surface area (Å²) < 4.78 is 34.6. The Balaban J connectivity index is 1.18. The zero-order chi connectivity index (χ0) is 46.4. The average Bonchev–Trinajstić information content (AvgIpc) is 3.22. The molecule has 5 unspecified atom stereocenters. The number of rotatable bonds is 10. The Morgan fingerprint density at radius 3 is 2.05 bits per heavy atom. The summed E-state index contributed by atoms with van der Waals surface area (Å²) in [5.74, 6) is -3.07. The number of carboxylic acids is 1. The van der Waals surface area contributed by atoms with E-state index < -0.39 is 107 Å². The van der Waals surface area contributed by atoms with Crippen LogP contribution in [0.25, 0.3) is 0 Å². The predicted octanol–water partition coefficient (Wildman–Crippen LogP) is 3.59. The number of aliphatic hydroxyl groups excluding tert-OH is 5. The zero-order valence-electron chi connectivity index (χ0n) is 38.4. The van der Waals surface area contributed by atoms with Gasteiger partial charge in [0.1, 0.15) is 36.6 Å². The van der Waals surface area contributed by atoms with E-state index in [2.05, 4.69) is 41.5 Å². The van der Waals surface area contributed by atoms with Gasteiger partial charge in [0.15, 0.2) is 30.6 Å². The van der Waals surface area contributed by atoms with E-state index in [1.165, 1.54) is 0 Å². The van der Waals surface area contributed by atoms with E-state index in [-0.39, 0.29) is 41.0 Å². The van der Waals surface area contributed by atoms with Gasteiger partial charge in [0.2, 0.25) is 0 Å². The number of ether oxygens (including phenoxy) is 6. The Morgan fingerprint density at radius 2 is 1.40 bits per heavy atom. The quantitative estimate of drug-likeness (QED) is 0.104. The van der Waals surface area contributed by atoms with Crippen LogP contribution in [0.1, 0.15) is 126 Å². The van der Waals surface area contributed by atoms with E-state index in [1.54, 1.807) is 0 Å². The number of fused-ring (bicyclic) bond motifs is 7. The van der Waals surface area contributed by atoms with Gasteiger partial charge in [-0.15, -0.1) is 0 Å². The monoisotopic (exact) mass is 892 g/mol. The van der Waals surface area contributed by atoms with Gasteiger partial charge in [0.05, 0.1) is 25.2 Å². The van der Waals surface area contributed by atoms with E-state index in [9.17, 15) is 49.8 Å². The van der Waals surface area contributed by atoms with Crippen LogP contribution in [0.5, 0.6) is 0 Å². The Kier molecular flexibility index (Phi) is 13.0. The number of esters is 2. The Bertz CT molecular complexity index is 1820. The number of carbonyl (C=O) groups excluding carboxylic acids is 3. The van der Waals surface area contributed by atoms with Crippen molar-refractivity contribution in [2.24, 2.45) is 50.2 Å². The lowest BCUT2D eigenvalue weighted by Gasteiger charge is -2.70. The third kappa shape index (κ3) is 7.62. The first-order valence-electron chi connectivity index (χ1n) is 23.1. The minimum atomic E-state index is -1.94. The number of aliphatic carboxylic acids is 1. The van der Waals surface area contributed by atoms with Crippen LogP contribution < -0.4 is 0 Å². The van der Waals surface area contributed by atoms with Crippen LogP contribution in [-0.4, -0.2) is 136 Å². The van der Waals surface area contributed by atoms with Crippen LogP contribution in [0.15, 0.2) is 11.6 Å². The normalized spacial score (nSPS) is 49.2. The highest BCUT2D eigenvalue weighted by Crippen LogP contribution is 2.75. The largest absolute Gasteiger partial charge is 0.481 e. The molecule has 2 heterocycles. The average molecular weight is 893 g/mol. The van der Waals surface area contributed by atoms with Crippen molar-refractivity contribution in [3.63, 3.8) is 0 Å². The lowest BCUT2D eigenvalue weighted by molar-refractivity contribution is -0.371. The number of hydrogen-bond donors (Lipinski definition) is 6. The molecule has 16 nitrogen and oxygen atoms in total. The van der Waals surface area contributed by atoms with Crippen molar-refractivity contribution in [2.75, 3.05) is 13.7 Å². The van der Waals surface area contributed by atoms with Crippen LogP contribution in [-0.2, 0) is 47.6 Å². The van der Waals surface area contributed by atoms with Crippen molar-refractivity contribution in [1.82, 2.24) is 0 Å². The van der Waals surface area contributed by atoms with Crippen LogP contribution >= 0.6 is 0 Å². The number of carbonyl (C=O) groups is 4. The van der Waals surface area contributed by atoms with Gasteiger partial charge >= 0.3 is 17.9 Å². The standard InChI is InChI=1S/C47H72O16/c1-10-11-20-59-38(55)34-30(51)31(52)35(63-39-32(53)28(49)29(50)33(61-39)37(54)58-9)40(62-34)60-27-13-14-45(6)26(42(27,2)3)12-15-47(8)36(45)25(48)21-23-24-22-44(5,41(56)57)17-16-43(24,4)18-19-46(23,47)7/h21,24,26-36,39-40,49-53H,10-20,22H2,1-9H3,(H,56,57)/t24?,26?,27?,28-,29-,30-,31-,32+,33-,34-,35+,36?,39-,40+,43+,44-,45-,46?,47+/m0/s1. The maximum atomic E-state index is 15.0. The molecule has 7 rings (SSSR count). The number of allylic oxidation sites excluding steroid dienone is 2. The second kappa shape index (κ2) is 17.0. The molecule has 5 aliphatic carbocycles. The van der Waals surface area contributed by atoms with Gasteiger partial charge in [-0.1, -0.05) is 60.5 Å². The molecule has 2 aliphatic heterocycles. The van der Waals surface area contributed by atoms with E-state index in [1.807, 2.05) is 19.9 Å². The lowest BCUT2D eigenvalue weighted by Crippen LogP contribution is -2.68. The molecule has 0 aromatic rings. The minimum absolute atomic E-state index is 0.00832. The second-order valence-corrected chi connectivity index (χ2v) is 22.0. The molecule has 0 spiro atoms. The number of methoxy groups -OCH3 is 1. The van der Waals surface area contributed by atoms with Gasteiger partial charge in [-0.05, 0) is 116 Å². The number of carboxylic acid groups (broad SMARTS) is 1. The second-order valence-electron chi connectivity index (χ2n) is 22.0. The summed E-state index contributed by atoms with van der Waals surface area (Å²) in [6, 6.07) is 0. The fraction of sp³-hybridized carbons (Fsp3) is 0.872. The molecule has 0 aromatic carbocycles. The summed E-state index contributed by atoms with van der Waals surface area (Å²) >= 11 is 0. The molecule has 6 fully saturated rings. The summed E-state index contributed by atoms with van der Waals surface area (Å²) in [5.41, 5.74) is -1.67. The summed E-state index contributed by atoms with van der Waals surface area (Å²) in [7, 11) is 1.05. The first-order valence-corrected chi connectivity index (χ1v) is 23.1. The summed E-state index contributed by atoms with van der Waals surface area (Å²) in [6.07, 6.45) is -9.22. The van der Waals surface area contributed by atoms with Crippen molar-refractivity contribution >= 4 is 23.7 Å². The molecule has 19 atom stereocenters. The summed E-state index contributed by atoms with van der Waals surface area (Å²) in [4.78, 5) is 53.4.